The minimum atomic E-state index is 0.554. The van der Waals surface area contributed by atoms with Crippen LogP contribution in [0.4, 0.5) is 0 Å². The molecule has 318 valence electrons. The van der Waals surface area contributed by atoms with Crippen LogP contribution in [-0.2, 0) is 0 Å². The van der Waals surface area contributed by atoms with Gasteiger partial charge in [0.05, 0.1) is 39.1 Å². The van der Waals surface area contributed by atoms with E-state index in [9.17, 15) is 0 Å². The van der Waals surface area contributed by atoms with E-state index in [4.69, 9.17) is 24.9 Å². The number of para-hydroxylation sites is 3. The van der Waals surface area contributed by atoms with E-state index in [1.807, 2.05) is 72.8 Å². The maximum Gasteiger partial charge on any atom is 0.238 e. The molecular formula is C61H39N7. The molecule has 0 unspecified atom stereocenters. The zero-order chi connectivity index (χ0) is 45.0. The molecule has 0 saturated heterocycles. The molecule has 0 amide bonds. The highest BCUT2D eigenvalue weighted by Gasteiger charge is 2.23. The van der Waals surface area contributed by atoms with Gasteiger partial charge in [-0.15, -0.1) is 0 Å². The van der Waals surface area contributed by atoms with Crippen LogP contribution in [0.2, 0.25) is 0 Å². The van der Waals surface area contributed by atoms with Crippen LogP contribution in [-0.4, -0.2) is 34.1 Å². The molecule has 0 bridgehead atoms. The molecule has 0 aliphatic rings. The third-order valence-corrected chi connectivity index (χ3v) is 12.8. The fourth-order valence-corrected chi connectivity index (χ4v) is 9.62. The Morgan fingerprint density at radius 2 is 0.706 bits per heavy atom. The summed E-state index contributed by atoms with van der Waals surface area (Å²) in [6, 6.07) is 82.2. The standard InChI is InChI=1S/C61H39N7/c1-5-20-40(21-6-1)44-28-19-29-45(36-44)52-39-51(41-22-7-2-8-23-41)62-60(63-52)48-32-15-18-35-55(48)67-53-33-16-13-30-46(53)49-38-57-50(37-56(49)67)47-31-14-17-34-54(47)68(57)61-65-58(42-24-9-3-10-25-42)64-59(66-61)43-26-11-4-12-27-43/h1-39H. The predicted molar refractivity (Wildman–Crippen MR) is 277 cm³/mol. The first-order valence-corrected chi connectivity index (χ1v) is 22.8. The van der Waals surface area contributed by atoms with Crippen LogP contribution in [0.25, 0.3) is 123 Å². The first kappa shape index (κ1) is 39.1. The van der Waals surface area contributed by atoms with Gasteiger partial charge in [0.1, 0.15) is 0 Å². The van der Waals surface area contributed by atoms with Crippen molar-refractivity contribution in [2.45, 2.75) is 0 Å². The van der Waals surface area contributed by atoms with E-state index in [1.54, 1.807) is 0 Å². The van der Waals surface area contributed by atoms with Gasteiger partial charge in [-0.3, -0.25) is 4.57 Å². The predicted octanol–water partition coefficient (Wildman–Crippen LogP) is 14.9. The highest BCUT2D eigenvalue weighted by atomic mass is 15.2. The Hall–Kier alpha value is -9.33. The van der Waals surface area contributed by atoms with E-state index in [2.05, 4.69) is 173 Å². The lowest BCUT2D eigenvalue weighted by Gasteiger charge is -2.15. The quantitative estimate of drug-likeness (QED) is 0.152. The average molecular weight is 870 g/mol. The van der Waals surface area contributed by atoms with Crippen molar-refractivity contribution in [3.8, 4) is 79.4 Å². The molecule has 0 fully saturated rings. The molecule has 0 saturated carbocycles. The summed E-state index contributed by atoms with van der Waals surface area (Å²) in [5.74, 6) is 2.42. The molecule has 0 atom stereocenters. The first-order chi connectivity index (χ1) is 33.7. The Morgan fingerprint density at radius 1 is 0.250 bits per heavy atom. The summed E-state index contributed by atoms with van der Waals surface area (Å²) in [6.45, 7) is 0. The lowest BCUT2D eigenvalue weighted by molar-refractivity contribution is 0.954. The summed E-state index contributed by atoms with van der Waals surface area (Å²) in [4.78, 5) is 26.2. The number of benzene rings is 9. The maximum absolute atomic E-state index is 5.40. The van der Waals surface area contributed by atoms with Gasteiger partial charge in [0.15, 0.2) is 17.5 Å². The molecule has 4 heterocycles. The summed E-state index contributed by atoms with van der Waals surface area (Å²) >= 11 is 0. The topological polar surface area (TPSA) is 74.3 Å². The lowest BCUT2D eigenvalue weighted by atomic mass is 10.0. The van der Waals surface area contributed by atoms with Crippen molar-refractivity contribution in [1.29, 1.82) is 0 Å². The van der Waals surface area contributed by atoms with Gasteiger partial charge in [-0.2, -0.15) is 9.97 Å². The molecule has 0 aliphatic heterocycles. The monoisotopic (exact) mass is 869 g/mol. The molecule has 4 aromatic heterocycles. The molecule has 7 heteroatoms. The molecule has 13 aromatic rings. The number of nitrogens with zero attached hydrogens (tertiary/aromatic N) is 7. The van der Waals surface area contributed by atoms with Crippen molar-refractivity contribution in [2.24, 2.45) is 0 Å². The SMILES string of the molecule is c1ccc(-c2cccc(-c3cc(-c4ccccc4)nc(-c4ccccc4-n4c5ccccc5c5cc6c(cc54)c4ccccc4n6-c4nc(-c5ccccc5)nc(-c5ccccc5)n4)n3)c2)cc1. The fraction of sp³-hybridized carbons (Fsp3) is 0. The van der Waals surface area contributed by atoms with E-state index in [1.165, 1.54) is 0 Å². The summed E-state index contributed by atoms with van der Waals surface area (Å²) in [5, 5.41) is 4.41. The lowest BCUT2D eigenvalue weighted by Crippen LogP contribution is -2.06. The van der Waals surface area contributed by atoms with E-state index in [0.717, 1.165) is 99.6 Å². The highest BCUT2D eigenvalue weighted by molar-refractivity contribution is 6.19. The Kier molecular flexibility index (Phi) is 9.35. The van der Waals surface area contributed by atoms with Gasteiger partial charge < -0.3 is 4.57 Å². The number of rotatable bonds is 8. The number of fused-ring (bicyclic) bond motifs is 6. The van der Waals surface area contributed by atoms with Gasteiger partial charge in [0.25, 0.3) is 0 Å². The molecular weight excluding hydrogens is 831 g/mol. The number of hydrogen-bond donors (Lipinski definition) is 0. The second kappa shape index (κ2) is 16.3. The summed E-state index contributed by atoms with van der Waals surface area (Å²) < 4.78 is 4.58. The van der Waals surface area contributed by atoms with E-state index < -0.39 is 0 Å². The third-order valence-electron chi connectivity index (χ3n) is 12.8. The second-order valence-corrected chi connectivity index (χ2v) is 16.9. The van der Waals surface area contributed by atoms with Crippen LogP contribution in [0.3, 0.4) is 0 Å². The van der Waals surface area contributed by atoms with Crippen molar-refractivity contribution >= 4 is 43.6 Å². The second-order valence-electron chi connectivity index (χ2n) is 16.9. The van der Waals surface area contributed by atoms with E-state index in [0.29, 0.717) is 23.4 Å². The average Bonchev–Trinajstić information content (AvgIpc) is 3.92. The first-order valence-electron chi connectivity index (χ1n) is 22.8. The molecule has 7 nitrogen and oxygen atoms in total. The Balaban J connectivity index is 1.04. The van der Waals surface area contributed by atoms with Gasteiger partial charge in [-0.25, -0.2) is 15.0 Å². The minimum Gasteiger partial charge on any atom is -0.308 e. The minimum absolute atomic E-state index is 0.554. The van der Waals surface area contributed by atoms with Crippen LogP contribution >= 0.6 is 0 Å². The summed E-state index contributed by atoms with van der Waals surface area (Å²) in [6.07, 6.45) is 0. The van der Waals surface area contributed by atoms with E-state index >= 15 is 0 Å². The van der Waals surface area contributed by atoms with Crippen molar-refractivity contribution in [3.05, 3.63) is 237 Å². The van der Waals surface area contributed by atoms with Crippen LogP contribution in [0, 0.1) is 0 Å². The van der Waals surface area contributed by atoms with Gasteiger partial charge in [0, 0.05) is 49.4 Å². The largest absolute Gasteiger partial charge is 0.308 e. The normalized spacial score (nSPS) is 11.5. The number of aromatic nitrogens is 7. The van der Waals surface area contributed by atoms with E-state index in [-0.39, 0.29) is 0 Å². The zero-order valence-electron chi connectivity index (χ0n) is 36.6. The van der Waals surface area contributed by atoms with Gasteiger partial charge in [-0.1, -0.05) is 188 Å². The highest BCUT2D eigenvalue weighted by Crippen LogP contribution is 2.41. The molecule has 9 aromatic carbocycles. The molecule has 13 rings (SSSR count). The Labute approximate surface area is 392 Å². The van der Waals surface area contributed by atoms with Crippen molar-refractivity contribution in [3.63, 3.8) is 0 Å². The van der Waals surface area contributed by atoms with Crippen LogP contribution in [0.15, 0.2) is 237 Å². The molecule has 0 radical (unpaired) electrons. The van der Waals surface area contributed by atoms with Crippen LogP contribution in [0.5, 0.6) is 0 Å². The van der Waals surface area contributed by atoms with Crippen molar-refractivity contribution < 1.29 is 0 Å². The molecule has 0 spiro atoms. The van der Waals surface area contributed by atoms with Crippen molar-refractivity contribution in [1.82, 2.24) is 34.1 Å². The maximum atomic E-state index is 5.40. The summed E-state index contributed by atoms with van der Waals surface area (Å²) in [5.41, 5.74) is 13.9. The third kappa shape index (κ3) is 6.72. The van der Waals surface area contributed by atoms with Crippen molar-refractivity contribution in [2.75, 3.05) is 0 Å². The number of hydrogen-bond acceptors (Lipinski definition) is 5. The molecule has 0 aliphatic carbocycles. The smallest absolute Gasteiger partial charge is 0.238 e. The van der Waals surface area contributed by atoms with Crippen LogP contribution in [0.1, 0.15) is 0 Å². The van der Waals surface area contributed by atoms with Gasteiger partial charge in [-0.05, 0) is 59.7 Å². The Morgan fingerprint density at radius 3 is 1.32 bits per heavy atom. The molecule has 68 heavy (non-hydrogen) atoms. The zero-order valence-corrected chi connectivity index (χ0v) is 36.6. The summed E-state index contributed by atoms with van der Waals surface area (Å²) in [7, 11) is 0. The van der Waals surface area contributed by atoms with Gasteiger partial charge >= 0.3 is 0 Å². The van der Waals surface area contributed by atoms with Crippen LogP contribution < -0.4 is 0 Å². The Bertz CT molecular complexity index is 3950. The van der Waals surface area contributed by atoms with Gasteiger partial charge in [0.2, 0.25) is 5.95 Å². The molecule has 0 N–H and O–H groups in total. The fourth-order valence-electron chi connectivity index (χ4n) is 9.62.